The number of hydrogen-bond donors (Lipinski definition) is 2. The number of nitrogens with one attached hydrogen (secondary N) is 2. The number of H-pyrrole nitrogens is 1. The number of hydrogen-bond acceptors (Lipinski definition) is 4. The van der Waals surface area contributed by atoms with E-state index >= 15 is 0 Å². The number of carbonyl (C=O) groups excluding carboxylic acids is 1. The molecule has 3 aromatic rings. The second kappa shape index (κ2) is 6.39. The molecule has 0 saturated heterocycles. The summed E-state index contributed by atoms with van der Waals surface area (Å²) in [5, 5.41) is 9.30. The van der Waals surface area contributed by atoms with Gasteiger partial charge in [0, 0.05) is 12.4 Å². The van der Waals surface area contributed by atoms with Crippen LogP contribution in [0.4, 0.5) is 0 Å². The second-order valence-corrected chi connectivity index (χ2v) is 5.39. The first-order valence-electron chi connectivity index (χ1n) is 7.28. The molecule has 6 heteroatoms. The Morgan fingerprint density at radius 2 is 2.13 bits per heavy atom. The Kier molecular flexibility index (Phi) is 4.14. The highest BCUT2D eigenvalue weighted by atomic mass is 16.2. The number of carbonyl (C=O) groups is 1. The van der Waals surface area contributed by atoms with Gasteiger partial charge >= 0.3 is 0 Å². The molecule has 0 radical (unpaired) electrons. The molecule has 0 saturated carbocycles. The Bertz CT molecular complexity index is 799. The molecular weight excluding hydrogens is 290 g/mol. The average molecular weight is 307 g/mol. The Labute approximate surface area is 134 Å². The van der Waals surface area contributed by atoms with Crippen molar-refractivity contribution in [2.45, 2.75) is 19.9 Å². The smallest absolute Gasteiger partial charge is 0.289 e. The maximum Gasteiger partial charge on any atom is 0.289 e. The third-order valence-electron chi connectivity index (χ3n) is 3.66. The topological polar surface area (TPSA) is 83.6 Å². The van der Waals surface area contributed by atoms with Crippen molar-refractivity contribution in [3.63, 3.8) is 0 Å². The van der Waals surface area contributed by atoms with E-state index in [1.54, 1.807) is 12.4 Å². The van der Waals surface area contributed by atoms with E-state index in [-0.39, 0.29) is 17.8 Å². The van der Waals surface area contributed by atoms with Gasteiger partial charge in [0.05, 0.1) is 6.04 Å². The molecule has 23 heavy (non-hydrogen) atoms. The van der Waals surface area contributed by atoms with Crippen LogP contribution in [0.3, 0.4) is 0 Å². The number of aryl methyl sites for hydroxylation is 2. The maximum absolute atomic E-state index is 12.4. The highest BCUT2D eigenvalue weighted by Crippen LogP contribution is 2.25. The maximum atomic E-state index is 12.4. The molecule has 0 unspecified atom stereocenters. The first kappa shape index (κ1) is 14.9. The molecule has 2 aromatic heterocycles. The van der Waals surface area contributed by atoms with Gasteiger partial charge in [0.15, 0.2) is 0 Å². The van der Waals surface area contributed by atoms with Crippen LogP contribution in [0.5, 0.6) is 0 Å². The lowest BCUT2D eigenvalue weighted by Gasteiger charge is -2.21. The van der Waals surface area contributed by atoms with E-state index in [1.165, 1.54) is 11.9 Å². The van der Waals surface area contributed by atoms with Gasteiger partial charge in [0.1, 0.15) is 6.33 Å². The van der Waals surface area contributed by atoms with Gasteiger partial charge in [-0.1, -0.05) is 29.8 Å². The highest BCUT2D eigenvalue weighted by Gasteiger charge is 2.21. The summed E-state index contributed by atoms with van der Waals surface area (Å²) >= 11 is 0. The molecule has 6 nitrogen and oxygen atoms in total. The number of aromatic amines is 1. The van der Waals surface area contributed by atoms with Crippen molar-refractivity contribution in [1.82, 2.24) is 25.5 Å². The SMILES string of the molecule is Cc1ccc([C@H](NC(=O)c2ncn[nH]2)c2cccnc2)c(C)c1. The normalized spacial score (nSPS) is 11.9. The van der Waals surface area contributed by atoms with Gasteiger partial charge in [-0.3, -0.25) is 14.9 Å². The van der Waals surface area contributed by atoms with Gasteiger partial charge < -0.3 is 5.32 Å². The van der Waals surface area contributed by atoms with E-state index in [0.29, 0.717) is 0 Å². The van der Waals surface area contributed by atoms with Gasteiger partial charge in [0.2, 0.25) is 5.82 Å². The summed E-state index contributed by atoms with van der Waals surface area (Å²) in [7, 11) is 0. The summed E-state index contributed by atoms with van der Waals surface area (Å²) < 4.78 is 0. The lowest BCUT2D eigenvalue weighted by Crippen LogP contribution is -2.30. The summed E-state index contributed by atoms with van der Waals surface area (Å²) in [6, 6.07) is 9.65. The Hall–Kier alpha value is -3.02. The number of pyridine rings is 1. The third-order valence-corrected chi connectivity index (χ3v) is 3.66. The zero-order valence-corrected chi connectivity index (χ0v) is 12.9. The zero-order valence-electron chi connectivity index (χ0n) is 12.9. The fraction of sp³-hybridized carbons (Fsp3) is 0.176. The van der Waals surface area contributed by atoms with Crippen LogP contribution < -0.4 is 5.32 Å². The summed E-state index contributed by atoms with van der Waals surface area (Å²) in [6.07, 6.45) is 4.77. The molecule has 1 atom stereocenters. The highest BCUT2D eigenvalue weighted by molar-refractivity contribution is 5.90. The standard InChI is InChI=1S/C17H17N5O/c1-11-5-6-14(12(2)8-11)15(13-4-3-7-18-9-13)21-17(23)16-19-10-20-22-16/h3-10,15H,1-2H3,(H,21,23)(H,19,20,22)/t15-/m1/s1. The molecule has 2 heterocycles. The van der Waals surface area contributed by atoms with Crippen molar-refractivity contribution in [3.05, 3.63) is 77.1 Å². The van der Waals surface area contributed by atoms with Crippen LogP contribution in [0, 0.1) is 13.8 Å². The molecule has 2 N–H and O–H groups in total. The third kappa shape index (κ3) is 3.26. The van der Waals surface area contributed by atoms with E-state index < -0.39 is 0 Å². The zero-order chi connectivity index (χ0) is 16.2. The Morgan fingerprint density at radius 1 is 1.26 bits per heavy atom. The van der Waals surface area contributed by atoms with Crippen LogP contribution in [-0.4, -0.2) is 26.1 Å². The largest absolute Gasteiger partial charge is 0.338 e. The summed E-state index contributed by atoms with van der Waals surface area (Å²) in [4.78, 5) is 20.4. The number of aromatic nitrogens is 4. The molecule has 3 rings (SSSR count). The Balaban J connectivity index is 1.99. The van der Waals surface area contributed by atoms with Crippen LogP contribution >= 0.6 is 0 Å². The monoisotopic (exact) mass is 307 g/mol. The van der Waals surface area contributed by atoms with E-state index in [0.717, 1.165) is 16.7 Å². The van der Waals surface area contributed by atoms with Crippen LogP contribution in [0.2, 0.25) is 0 Å². The van der Waals surface area contributed by atoms with E-state index in [1.807, 2.05) is 38.1 Å². The number of nitrogens with zero attached hydrogens (tertiary/aromatic N) is 3. The second-order valence-electron chi connectivity index (χ2n) is 5.39. The van der Waals surface area contributed by atoms with E-state index in [9.17, 15) is 4.79 Å². The molecule has 116 valence electrons. The van der Waals surface area contributed by atoms with Crippen molar-refractivity contribution in [3.8, 4) is 0 Å². The molecule has 0 aliphatic rings. The minimum absolute atomic E-state index is 0.184. The molecular formula is C17H17N5O. The van der Waals surface area contributed by atoms with Crippen molar-refractivity contribution < 1.29 is 4.79 Å². The van der Waals surface area contributed by atoms with Crippen LogP contribution in [-0.2, 0) is 0 Å². The predicted molar refractivity (Wildman–Crippen MR) is 85.8 cm³/mol. The molecule has 0 bridgehead atoms. The van der Waals surface area contributed by atoms with Gasteiger partial charge in [-0.2, -0.15) is 5.10 Å². The molecule has 0 fully saturated rings. The summed E-state index contributed by atoms with van der Waals surface area (Å²) in [5.41, 5.74) is 4.22. The predicted octanol–water partition coefficient (Wildman–Crippen LogP) is 2.34. The van der Waals surface area contributed by atoms with Gasteiger partial charge in [-0.15, -0.1) is 0 Å². The molecule has 0 spiro atoms. The quantitative estimate of drug-likeness (QED) is 0.775. The Morgan fingerprint density at radius 3 is 2.78 bits per heavy atom. The van der Waals surface area contributed by atoms with Crippen molar-refractivity contribution in [2.75, 3.05) is 0 Å². The minimum Gasteiger partial charge on any atom is -0.338 e. The van der Waals surface area contributed by atoms with Crippen molar-refractivity contribution in [1.29, 1.82) is 0 Å². The number of benzene rings is 1. The summed E-state index contributed by atoms with van der Waals surface area (Å²) in [5.74, 6) is -0.125. The minimum atomic E-state index is -0.309. The van der Waals surface area contributed by atoms with Gasteiger partial charge in [0.25, 0.3) is 5.91 Å². The molecule has 0 aliphatic carbocycles. The van der Waals surface area contributed by atoms with Crippen LogP contribution in [0.15, 0.2) is 49.1 Å². The lowest BCUT2D eigenvalue weighted by molar-refractivity contribution is 0.0933. The fourth-order valence-corrected chi connectivity index (χ4v) is 2.55. The van der Waals surface area contributed by atoms with Gasteiger partial charge in [-0.05, 0) is 36.6 Å². The fourth-order valence-electron chi connectivity index (χ4n) is 2.55. The molecule has 1 aromatic carbocycles. The van der Waals surface area contributed by atoms with Crippen LogP contribution in [0.1, 0.15) is 38.9 Å². The molecule has 1 amide bonds. The first-order valence-corrected chi connectivity index (χ1v) is 7.28. The lowest BCUT2D eigenvalue weighted by atomic mass is 9.94. The number of amides is 1. The average Bonchev–Trinajstić information content (AvgIpc) is 3.08. The van der Waals surface area contributed by atoms with Crippen LogP contribution in [0.25, 0.3) is 0 Å². The van der Waals surface area contributed by atoms with E-state index in [4.69, 9.17) is 0 Å². The molecule has 0 aliphatic heterocycles. The van der Waals surface area contributed by atoms with Gasteiger partial charge in [-0.25, -0.2) is 4.98 Å². The van der Waals surface area contributed by atoms with Crippen molar-refractivity contribution in [2.24, 2.45) is 0 Å². The van der Waals surface area contributed by atoms with Crippen molar-refractivity contribution >= 4 is 5.91 Å². The van der Waals surface area contributed by atoms with E-state index in [2.05, 4.69) is 31.5 Å². The summed E-state index contributed by atoms with van der Waals surface area (Å²) in [6.45, 7) is 4.08. The first-order chi connectivity index (χ1) is 11.1. The number of rotatable bonds is 4.